The summed E-state index contributed by atoms with van der Waals surface area (Å²) >= 11 is 0. The number of nitrogens with zero attached hydrogens (tertiary/aromatic N) is 1. The average molecular weight is 243 g/mol. The Balaban J connectivity index is 2.51. The third kappa shape index (κ3) is 3.66. The molecule has 1 heterocycles. The van der Waals surface area contributed by atoms with Gasteiger partial charge in [0.05, 0.1) is 18.5 Å². The van der Waals surface area contributed by atoms with Crippen molar-refractivity contribution in [3.8, 4) is 6.07 Å². The molecule has 0 aliphatic rings. The molecule has 1 unspecified atom stereocenters. The van der Waals surface area contributed by atoms with Crippen LogP contribution in [0.4, 0.5) is 0 Å². The highest BCUT2D eigenvalue weighted by Crippen LogP contribution is 2.11. The fourth-order valence-electron chi connectivity index (χ4n) is 1.06. The molecule has 0 fully saturated rings. The number of hydrogen-bond acceptors (Lipinski definition) is 5. The van der Waals surface area contributed by atoms with Crippen molar-refractivity contribution in [1.82, 2.24) is 5.32 Å². The number of nitrogens with two attached hydrogens (primary N) is 1. The van der Waals surface area contributed by atoms with Gasteiger partial charge < -0.3 is 9.73 Å². The fourth-order valence-corrected chi connectivity index (χ4v) is 1.54. The van der Waals surface area contributed by atoms with Crippen LogP contribution in [0.25, 0.3) is 0 Å². The molecule has 0 amide bonds. The van der Waals surface area contributed by atoms with E-state index in [1.54, 1.807) is 6.92 Å². The van der Waals surface area contributed by atoms with Gasteiger partial charge in [0.25, 0.3) is 10.0 Å². The lowest BCUT2D eigenvalue weighted by molar-refractivity contribution is 0.400. The molecule has 16 heavy (non-hydrogen) atoms. The van der Waals surface area contributed by atoms with E-state index in [-0.39, 0.29) is 11.0 Å². The predicted octanol–water partition coefficient (Wildman–Crippen LogP) is 0.176. The lowest BCUT2D eigenvalue weighted by atomic mass is 10.2. The molecule has 0 radical (unpaired) electrons. The molecular formula is C9H13N3O3S. The topological polar surface area (TPSA) is 109 Å². The van der Waals surface area contributed by atoms with Gasteiger partial charge in [0.1, 0.15) is 5.76 Å². The van der Waals surface area contributed by atoms with Crippen molar-refractivity contribution in [1.29, 1.82) is 5.26 Å². The highest BCUT2D eigenvalue weighted by Gasteiger charge is 2.12. The smallest absolute Gasteiger partial charge is 0.271 e. The van der Waals surface area contributed by atoms with Crippen LogP contribution in [-0.4, -0.2) is 15.0 Å². The number of nitrogens with one attached hydrogen (secondary N) is 1. The minimum Gasteiger partial charge on any atom is -0.447 e. The van der Waals surface area contributed by atoms with Crippen LogP contribution in [0.1, 0.15) is 12.7 Å². The van der Waals surface area contributed by atoms with Crippen LogP contribution in [0, 0.1) is 17.2 Å². The van der Waals surface area contributed by atoms with E-state index in [2.05, 4.69) is 11.4 Å². The molecule has 6 nitrogen and oxygen atoms in total. The number of rotatable bonds is 5. The Hall–Kier alpha value is -1.36. The van der Waals surface area contributed by atoms with Crippen molar-refractivity contribution in [2.24, 2.45) is 11.1 Å². The van der Waals surface area contributed by atoms with E-state index in [1.165, 1.54) is 12.1 Å². The van der Waals surface area contributed by atoms with Gasteiger partial charge in [0, 0.05) is 6.54 Å². The molecule has 0 saturated carbocycles. The SMILES string of the molecule is CC(C#N)CNCc1ccc(S(N)(=O)=O)o1. The summed E-state index contributed by atoms with van der Waals surface area (Å²) in [6.07, 6.45) is 0. The Bertz CT molecular complexity index is 486. The lowest BCUT2D eigenvalue weighted by Gasteiger charge is -2.02. The average Bonchev–Trinajstić information content (AvgIpc) is 2.65. The van der Waals surface area contributed by atoms with Gasteiger partial charge in [-0.1, -0.05) is 0 Å². The highest BCUT2D eigenvalue weighted by molar-refractivity contribution is 7.89. The van der Waals surface area contributed by atoms with Gasteiger partial charge in [0.15, 0.2) is 0 Å². The minimum atomic E-state index is -3.77. The predicted molar refractivity (Wildman–Crippen MR) is 56.6 cm³/mol. The molecule has 1 aromatic rings. The van der Waals surface area contributed by atoms with Crippen LogP contribution in [0.2, 0.25) is 0 Å². The molecule has 0 aliphatic heterocycles. The van der Waals surface area contributed by atoms with Gasteiger partial charge in [-0.25, -0.2) is 13.6 Å². The lowest BCUT2D eigenvalue weighted by Crippen LogP contribution is -2.19. The number of furan rings is 1. The summed E-state index contributed by atoms with van der Waals surface area (Å²) in [7, 11) is -3.77. The van der Waals surface area contributed by atoms with Crippen LogP contribution < -0.4 is 10.5 Å². The van der Waals surface area contributed by atoms with Crippen LogP contribution in [0.3, 0.4) is 0 Å². The van der Waals surface area contributed by atoms with E-state index in [4.69, 9.17) is 14.8 Å². The first-order valence-corrected chi connectivity index (χ1v) is 6.20. The van der Waals surface area contributed by atoms with E-state index >= 15 is 0 Å². The Morgan fingerprint density at radius 2 is 2.31 bits per heavy atom. The molecule has 0 spiro atoms. The quantitative estimate of drug-likeness (QED) is 0.766. The molecule has 0 aliphatic carbocycles. The Morgan fingerprint density at radius 3 is 2.81 bits per heavy atom. The van der Waals surface area contributed by atoms with Gasteiger partial charge >= 0.3 is 0 Å². The number of hydrogen-bond donors (Lipinski definition) is 2. The maximum atomic E-state index is 10.9. The van der Waals surface area contributed by atoms with Crippen molar-refractivity contribution in [2.75, 3.05) is 6.54 Å². The Morgan fingerprint density at radius 1 is 1.62 bits per heavy atom. The van der Waals surface area contributed by atoms with Crippen LogP contribution >= 0.6 is 0 Å². The number of nitriles is 1. The first kappa shape index (κ1) is 12.7. The minimum absolute atomic E-state index is 0.104. The molecule has 88 valence electrons. The Kier molecular flexibility index (Phi) is 4.06. The summed E-state index contributed by atoms with van der Waals surface area (Å²) in [6, 6.07) is 4.91. The summed E-state index contributed by atoms with van der Waals surface area (Å²) in [4.78, 5) is 0. The maximum Gasteiger partial charge on any atom is 0.271 e. The van der Waals surface area contributed by atoms with Crippen LogP contribution in [0.5, 0.6) is 0 Å². The van der Waals surface area contributed by atoms with Gasteiger partial charge in [-0.15, -0.1) is 0 Å². The maximum absolute atomic E-state index is 10.9. The molecule has 1 atom stereocenters. The van der Waals surface area contributed by atoms with Gasteiger partial charge in [-0.2, -0.15) is 5.26 Å². The van der Waals surface area contributed by atoms with Gasteiger partial charge in [-0.3, -0.25) is 0 Å². The fraction of sp³-hybridized carbons (Fsp3) is 0.444. The summed E-state index contributed by atoms with van der Waals surface area (Å²) in [5, 5.41) is 16.1. The molecule has 0 saturated heterocycles. The largest absolute Gasteiger partial charge is 0.447 e. The van der Waals surface area contributed by atoms with E-state index in [9.17, 15) is 8.42 Å². The molecular weight excluding hydrogens is 230 g/mol. The molecule has 0 aromatic carbocycles. The number of primary sulfonamides is 1. The van der Waals surface area contributed by atoms with E-state index in [0.717, 1.165) is 0 Å². The monoisotopic (exact) mass is 243 g/mol. The van der Waals surface area contributed by atoms with Crippen molar-refractivity contribution >= 4 is 10.0 Å². The summed E-state index contributed by atoms with van der Waals surface area (Å²) in [5.74, 6) is 0.363. The molecule has 3 N–H and O–H groups in total. The van der Waals surface area contributed by atoms with E-state index in [0.29, 0.717) is 18.8 Å². The highest BCUT2D eigenvalue weighted by atomic mass is 32.2. The van der Waals surface area contributed by atoms with Crippen molar-refractivity contribution in [3.63, 3.8) is 0 Å². The van der Waals surface area contributed by atoms with Crippen molar-refractivity contribution in [2.45, 2.75) is 18.6 Å². The standard InChI is InChI=1S/C9H13N3O3S/c1-7(4-10)5-12-6-8-2-3-9(15-8)16(11,13)14/h2-3,7,12H,5-6H2,1H3,(H2,11,13,14). The molecule has 0 bridgehead atoms. The zero-order valence-corrected chi connectivity index (χ0v) is 9.62. The van der Waals surface area contributed by atoms with Crippen molar-refractivity contribution in [3.05, 3.63) is 17.9 Å². The third-order valence-electron chi connectivity index (χ3n) is 1.89. The molecule has 1 aromatic heterocycles. The van der Waals surface area contributed by atoms with Gasteiger partial charge in [0.2, 0.25) is 5.09 Å². The number of sulfonamides is 1. The molecule has 7 heteroatoms. The van der Waals surface area contributed by atoms with Gasteiger partial charge in [-0.05, 0) is 19.1 Å². The Labute approximate surface area is 94.1 Å². The van der Waals surface area contributed by atoms with E-state index in [1.807, 2.05) is 0 Å². The van der Waals surface area contributed by atoms with Crippen LogP contribution in [0.15, 0.2) is 21.6 Å². The van der Waals surface area contributed by atoms with Crippen LogP contribution in [-0.2, 0) is 16.6 Å². The summed E-state index contributed by atoms with van der Waals surface area (Å²) in [5.41, 5.74) is 0. The first-order valence-electron chi connectivity index (χ1n) is 4.65. The molecule has 1 rings (SSSR count). The second-order valence-corrected chi connectivity index (χ2v) is 4.92. The van der Waals surface area contributed by atoms with E-state index < -0.39 is 10.0 Å². The third-order valence-corrected chi connectivity index (χ3v) is 2.67. The zero-order valence-electron chi connectivity index (χ0n) is 8.80. The summed E-state index contributed by atoms with van der Waals surface area (Å²) in [6.45, 7) is 2.66. The zero-order chi connectivity index (χ0) is 12.2. The van der Waals surface area contributed by atoms with Crippen molar-refractivity contribution < 1.29 is 12.8 Å². The second kappa shape index (κ2) is 5.12. The first-order chi connectivity index (χ1) is 7.43. The second-order valence-electron chi connectivity index (χ2n) is 3.43. The normalized spacial score (nSPS) is 13.3. The summed E-state index contributed by atoms with van der Waals surface area (Å²) < 4.78 is 26.8.